The summed E-state index contributed by atoms with van der Waals surface area (Å²) in [6.07, 6.45) is 2.07. The summed E-state index contributed by atoms with van der Waals surface area (Å²) in [6.45, 7) is 6.74. The molecule has 0 amide bonds. The van der Waals surface area contributed by atoms with Gasteiger partial charge < -0.3 is 19.1 Å². The zero-order chi connectivity index (χ0) is 12.9. The highest BCUT2D eigenvalue weighted by atomic mass is 16.6. The Morgan fingerprint density at radius 3 is 2.71 bits per heavy atom. The first-order chi connectivity index (χ1) is 7.99. The summed E-state index contributed by atoms with van der Waals surface area (Å²) in [5, 5.41) is 0. The summed E-state index contributed by atoms with van der Waals surface area (Å²) >= 11 is 0. The van der Waals surface area contributed by atoms with Gasteiger partial charge in [-0.25, -0.2) is 0 Å². The second kappa shape index (κ2) is 6.69. The van der Waals surface area contributed by atoms with Crippen molar-refractivity contribution in [1.29, 1.82) is 0 Å². The van der Waals surface area contributed by atoms with Crippen LogP contribution in [0.4, 0.5) is 0 Å². The molecule has 4 nitrogen and oxygen atoms in total. The number of ether oxygens (including phenoxy) is 3. The molecule has 0 aliphatic carbocycles. The molecule has 0 spiro atoms. The van der Waals surface area contributed by atoms with Crippen molar-refractivity contribution in [3.05, 3.63) is 0 Å². The Hall–Kier alpha value is -0.160. The summed E-state index contributed by atoms with van der Waals surface area (Å²) in [5.41, 5.74) is -0.213. The first-order valence-electron chi connectivity index (χ1n) is 6.42. The highest BCUT2D eigenvalue weighted by Gasteiger charge is 2.42. The standard InChI is InChI=1S/C13H27NO3/c1-11-12(17-9-6-8-14(3)4)13(2,15-5)7-10-16-11/h11-12H,6-10H2,1-5H3. The Bertz CT molecular complexity index is 223. The first kappa shape index (κ1) is 14.9. The molecule has 0 N–H and O–H groups in total. The van der Waals surface area contributed by atoms with Crippen LogP contribution < -0.4 is 0 Å². The highest BCUT2D eigenvalue weighted by molar-refractivity contribution is 4.92. The Morgan fingerprint density at radius 2 is 2.12 bits per heavy atom. The summed E-state index contributed by atoms with van der Waals surface area (Å²) in [4.78, 5) is 2.17. The second-order valence-corrected chi connectivity index (χ2v) is 5.29. The summed E-state index contributed by atoms with van der Waals surface area (Å²) < 4.78 is 17.3. The van der Waals surface area contributed by atoms with Gasteiger partial charge in [0.1, 0.15) is 6.10 Å². The van der Waals surface area contributed by atoms with Crippen molar-refractivity contribution < 1.29 is 14.2 Å². The van der Waals surface area contributed by atoms with Gasteiger partial charge in [-0.15, -0.1) is 0 Å². The lowest BCUT2D eigenvalue weighted by molar-refractivity contribution is -0.208. The molecule has 0 saturated carbocycles. The van der Waals surface area contributed by atoms with Gasteiger partial charge in [0.25, 0.3) is 0 Å². The number of nitrogens with zero attached hydrogens (tertiary/aromatic N) is 1. The van der Waals surface area contributed by atoms with Crippen LogP contribution in [0.25, 0.3) is 0 Å². The van der Waals surface area contributed by atoms with Gasteiger partial charge in [0.05, 0.1) is 11.7 Å². The van der Waals surface area contributed by atoms with Gasteiger partial charge in [0.15, 0.2) is 0 Å². The monoisotopic (exact) mass is 245 g/mol. The quantitative estimate of drug-likeness (QED) is 0.664. The third kappa shape index (κ3) is 4.21. The number of rotatable bonds is 6. The molecule has 1 saturated heterocycles. The van der Waals surface area contributed by atoms with E-state index in [9.17, 15) is 0 Å². The normalized spacial score (nSPS) is 34.2. The maximum atomic E-state index is 5.98. The minimum absolute atomic E-state index is 0.0309. The molecule has 1 heterocycles. The van der Waals surface area contributed by atoms with E-state index in [1.54, 1.807) is 7.11 Å². The van der Waals surface area contributed by atoms with Gasteiger partial charge >= 0.3 is 0 Å². The van der Waals surface area contributed by atoms with Crippen molar-refractivity contribution in [1.82, 2.24) is 4.90 Å². The molecular formula is C13H27NO3. The topological polar surface area (TPSA) is 30.9 Å². The molecule has 1 aliphatic heterocycles. The molecule has 3 unspecified atom stereocenters. The Balaban J connectivity index is 2.41. The average Bonchev–Trinajstić information content (AvgIpc) is 2.27. The van der Waals surface area contributed by atoms with Gasteiger partial charge in [-0.3, -0.25) is 0 Å². The minimum atomic E-state index is -0.213. The first-order valence-corrected chi connectivity index (χ1v) is 6.42. The summed E-state index contributed by atoms with van der Waals surface area (Å²) in [6, 6.07) is 0. The zero-order valence-electron chi connectivity index (χ0n) is 11.9. The molecule has 1 aliphatic rings. The van der Waals surface area contributed by atoms with Crippen LogP contribution in [0.3, 0.4) is 0 Å². The third-order valence-corrected chi connectivity index (χ3v) is 3.52. The van der Waals surface area contributed by atoms with Gasteiger partial charge in [-0.2, -0.15) is 0 Å². The van der Waals surface area contributed by atoms with Crippen molar-refractivity contribution in [2.75, 3.05) is 41.0 Å². The molecule has 1 rings (SSSR count). The van der Waals surface area contributed by atoms with E-state index in [4.69, 9.17) is 14.2 Å². The molecule has 0 aromatic heterocycles. The SMILES string of the molecule is COC1(C)CCOC(C)C1OCCCN(C)C. The maximum absolute atomic E-state index is 5.98. The number of methoxy groups -OCH3 is 1. The molecule has 0 radical (unpaired) electrons. The Kier molecular flexibility index (Phi) is 5.86. The molecular weight excluding hydrogens is 218 g/mol. The molecule has 3 atom stereocenters. The molecule has 0 aromatic rings. The predicted octanol–water partition coefficient (Wildman–Crippen LogP) is 1.54. The molecule has 0 aromatic carbocycles. The van der Waals surface area contributed by atoms with E-state index >= 15 is 0 Å². The van der Waals surface area contributed by atoms with E-state index in [-0.39, 0.29) is 17.8 Å². The average molecular weight is 245 g/mol. The molecule has 17 heavy (non-hydrogen) atoms. The fourth-order valence-corrected chi connectivity index (χ4v) is 2.29. The van der Waals surface area contributed by atoms with E-state index in [0.29, 0.717) is 0 Å². The van der Waals surface area contributed by atoms with Crippen LogP contribution >= 0.6 is 0 Å². The smallest absolute Gasteiger partial charge is 0.112 e. The molecule has 1 fully saturated rings. The van der Waals surface area contributed by atoms with E-state index in [1.165, 1.54) is 0 Å². The Morgan fingerprint density at radius 1 is 1.41 bits per heavy atom. The van der Waals surface area contributed by atoms with Gasteiger partial charge in [0.2, 0.25) is 0 Å². The van der Waals surface area contributed by atoms with Gasteiger partial charge in [-0.1, -0.05) is 0 Å². The molecule has 102 valence electrons. The largest absolute Gasteiger partial charge is 0.376 e. The Labute approximate surface area is 105 Å². The van der Waals surface area contributed by atoms with E-state index in [2.05, 4.69) is 32.8 Å². The lowest BCUT2D eigenvalue weighted by atomic mass is 9.89. The van der Waals surface area contributed by atoms with Crippen molar-refractivity contribution in [3.8, 4) is 0 Å². The maximum Gasteiger partial charge on any atom is 0.112 e. The lowest BCUT2D eigenvalue weighted by Crippen LogP contribution is -2.54. The second-order valence-electron chi connectivity index (χ2n) is 5.29. The number of hydrogen-bond acceptors (Lipinski definition) is 4. The van der Waals surface area contributed by atoms with Gasteiger partial charge in [-0.05, 0) is 40.9 Å². The highest BCUT2D eigenvalue weighted by Crippen LogP contribution is 2.30. The summed E-state index contributed by atoms with van der Waals surface area (Å²) in [7, 11) is 5.91. The van der Waals surface area contributed by atoms with E-state index in [1.807, 2.05) is 0 Å². The fraction of sp³-hybridized carbons (Fsp3) is 1.00. The van der Waals surface area contributed by atoms with Crippen LogP contribution in [0.5, 0.6) is 0 Å². The van der Waals surface area contributed by atoms with E-state index in [0.717, 1.165) is 32.6 Å². The van der Waals surface area contributed by atoms with Crippen molar-refractivity contribution in [2.24, 2.45) is 0 Å². The van der Waals surface area contributed by atoms with Crippen LogP contribution in [0.1, 0.15) is 26.7 Å². The minimum Gasteiger partial charge on any atom is -0.376 e. The van der Waals surface area contributed by atoms with Crippen LogP contribution in [-0.4, -0.2) is 63.7 Å². The van der Waals surface area contributed by atoms with Crippen LogP contribution in [0.2, 0.25) is 0 Å². The zero-order valence-corrected chi connectivity index (χ0v) is 11.9. The summed E-state index contributed by atoms with van der Waals surface area (Å²) in [5.74, 6) is 0. The molecule has 4 heteroatoms. The van der Waals surface area contributed by atoms with Crippen LogP contribution in [0, 0.1) is 0 Å². The third-order valence-electron chi connectivity index (χ3n) is 3.52. The van der Waals surface area contributed by atoms with Gasteiger partial charge in [0, 0.05) is 26.7 Å². The van der Waals surface area contributed by atoms with Crippen molar-refractivity contribution >= 4 is 0 Å². The lowest BCUT2D eigenvalue weighted by Gasteiger charge is -2.43. The van der Waals surface area contributed by atoms with Crippen molar-refractivity contribution in [3.63, 3.8) is 0 Å². The molecule has 0 bridgehead atoms. The van der Waals surface area contributed by atoms with Crippen LogP contribution in [0.15, 0.2) is 0 Å². The fourth-order valence-electron chi connectivity index (χ4n) is 2.29. The predicted molar refractivity (Wildman–Crippen MR) is 68.4 cm³/mol. The number of hydrogen-bond donors (Lipinski definition) is 0. The van der Waals surface area contributed by atoms with Crippen LogP contribution in [-0.2, 0) is 14.2 Å². The van der Waals surface area contributed by atoms with Crippen molar-refractivity contribution in [2.45, 2.75) is 44.5 Å². The van der Waals surface area contributed by atoms with E-state index < -0.39 is 0 Å².